The second-order valence-corrected chi connectivity index (χ2v) is 5.96. The molecule has 1 aliphatic carbocycles. The lowest BCUT2D eigenvalue weighted by molar-refractivity contribution is 0.267. The molecule has 3 N–H and O–H groups in total. The van der Waals surface area contributed by atoms with Crippen LogP contribution in [0.5, 0.6) is 0 Å². The number of rotatable bonds is 4. The molecule has 1 saturated carbocycles. The Labute approximate surface area is 120 Å². The molecule has 1 heterocycles. The number of nitrogens with one attached hydrogen (secondary N) is 1. The SMILES string of the molecule is Cn1nc(CC(NN)C2CCCCC2)c2ccccc21. The largest absolute Gasteiger partial charge is 0.271 e. The quantitative estimate of drug-likeness (QED) is 0.664. The van der Waals surface area contributed by atoms with E-state index in [9.17, 15) is 0 Å². The van der Waals surface area contributed by atoms with Gasteiger partial charge in [0.1, 0.15) is 0 Å². The second-order valence-electron chi connectivity index (χ2n) is 5.96. The van der Waals surface area contributed by atoms with Crippen molar-refractivity contribution in [1.82, 2.24) is 15.2 Å². The van der Waals surface area contributed by atoms with E-state index in [0.717, 1.165) is 12.1 Å². The van der Waals surface area contributed by atoms with Crippen molar-refractivity contribution in [1.29, 1.82) is 0 Å². The second kappa shape index (κ2) is 5.94. The first-order valence-electron chi connectivity index (χ1n) is 7.66. The molecule has 108 valence electrons. The predicted molar refractivity (Wildman–Crippen MR) is 82.1 cm³/mol. The Bertz CT molecular complexity index is 569. The zero-order valence-electron chi connectivity index (χ0n) is 12.2. The summed E-state index contributed by atoms with van der Waals surface area (Å²) in [5.74, 6) is 6.51. The highest BCUT2D eigenvalue weighted by atomic mass is 15.3. The lowest BCUT2D eigenvalue weighted by Gasteiger charge is -2.29. The third-order valence-corrected chi connectivity index (χ3v) is 4.68. The van der Waals surface area contributed by atoms with Crippen LogP contribution in [-0.4, -0.2) is 15.8 Å². The molecule has 1 aromatic heterocycles. The van der Waals surface area contributed by atoms with Crippen molar-refractivity contribution in [2.45, 2.75) is 44.6 Å². The molecule has 0 spiro atoms. The first kappa shape index (κ1) is 13.6. The fraction of sp³-hybridized carbons (Fsp3) is 0.562. The molecule has 0 radical (unpaired) electrons. The topological polar surface area (TPSA) is 55.9 Å². The number of aromatic nitrogens is 2. The lowest BCUT2D eigenvalue weighted by atomic mass is 9.82. The van der Waals surface area contributed by atoms with Gasteiger partial charge in [0.25, 0.3) is 0 Å². The van der Waals surface area contributed by atoms with Gasteiger partial charge >= 0.3 is 0 Å². The molecule has 1 fully saturated rings. The van der Waals surface area contributed by atoms with Gasteiger partial charge in [0.05, 0.1) is 11.2 Å². The van der Waals surface area contributed by atoms with Gasteiger partial charge < -0.3 is 0 Å². The van der Waals surface area contributed by atoms with Crippen molar-refractivity contribution in [2.24, 2.45) is 18.8 Å². The summed E-state index contributed by atoms with van der Waals surface area (Å²) in [6.45, 7) is 0. The van der Waals surface area contributed by atoms with Gasteiger partial charge in [-0.1, -0.05) is 37.5 Å². The molecule has 0 aliphatic heterocycles. The number of para-hydroxylation sites is 1. The van der Waals surface area contributed by atoms with E-state index in [1.807, 2.05) is 11.7 Å². The van der Waals surface area contributed by atoms with E-state index < -0.39 is 0 Å². The fourth-order valence-corrected chi connectivity index (χ4v) is 3.55. The average molecular weight is 272 g/mol. The van der Waals surface area contributed by atoms with E-state index in [1.54, 1.807) is 0 Å². The number of hydrogen-bond acceptors (Lipinski definition) is 3. The third kappa shape index (κ3) is 2.58. The minimum absolute atomic E-state index is 0.341. The Morgan fingerprint density at radius 3 is 2.80 bits per heavy atom. The van der Waals surface area contributed by atoms with Crippen molar-refractivity contribution in [3.63, 3.8) is 0 Å². The van der Waals surface area contributed by atoms with Crippen LogP contribution in [-0.2, 0) is 13.5 Å². The van der Waals surface area contributed by atoms with Crippen LogP contribution in [0.4, 0.5) is 0 Å². The molecule has 1 aliphatic rings. The van der Waals surface area contributed by atoms with E-state index in [4.69, 9.17) is 10.9 Å². The number of hydrazine groups is 1. The molecular weight excluding hydrogens is 248 g/mol. The maximum Gasteiger partial charge on any atom is 0.0719 e. The molecule has 4 nitrogen and oxygen atoms in total. The molecule has 20 heavy (non-hydrogen) atoms. The first-order chi connectivity index (χ1) is 9.79. The zero-order valence-corrected chi connectivity index (χ0v) is 12.2. The standard InChI is InChI=1S/C16H24N4/c1-20-16-10-6-5-9-13(16)15(19-20)11-14(18-17)12-7-3-2-4-8-12/h5-6,9-10,12,14,18H,2-4,7-8,11,17H2,1H3. The number of fused-ring (bicyclic) bond motifs is 1. The number of aryl methyl sites for hydroxylation is 1. The van der Waals surface area contributed by atoms with Crippen molar-refractivity contribution >= 4 is 10.9 Å². The Morgan fingerprint density at radius 1 is 1.30 bits per heavy atom. The van der Waals surface area contributed by atoms with Crippen molar-refractivity contribution in [3.05, 3.63) is 30.0 Å². The molecule has 0 bridgehead atoms. The number of nitrogens with zero attached hydrogens (tertiary/aromatic N) is 2. The Kier molecular flexibility index (Phi) is 4.03. The molecule has 2 aromatic rings. The summed E-state index contributed by atoms with van der Waals surface area (Å²) in [6, 6.07) is 8.77. The average Bonchev–Trinajstić information content (AvgIpc) is 2.82. The fourth-order valence-electron chi connectivity index (χ4n) is 3.55. The maximum atomic E-state index is 5.82. The normalized spacial score (nSPS) is 18.5. The van der Waals surface area contributed by atoms with E-state index >= 15 is 0 Å². The predicted octanol–water partition coefficient (Wildman–Crippen LogP) is 2.53. The number of hydrogen-bond donors (Lipinski definition) is 2. The van der Waals surface area contributed by atoms with Gasteiger partial charge in [-0.05, 0) is 24.8 Å². The monoisotopic (exact) mass is 272 g/mol. The smallest absolute Gasteiger partial charge is 0.0719 e. The minimum Gasteiger partial charge on any atom is -0.271 e. The summed E-state index contributed by atoms with van der Waals surface area (Å²) >= 11 is 0. The summed E-state index contributed by atoms with van der Waals surface area (Å²) in [7, 11) is 2.01. The Balaban J connectivity index is 1.83. The highest BCUT2D eigenvalue weighted by molar-refractivity contribution is 5.81. The molecule has 1 unspecified atom stereocenters. The van der Waals surface area contributed by atoms with Crippen molar-refractivity contribution < 1.29 is 0 Å². The summed E-state index contributed by atoms with van der Waals surface area (Å²) in [4.78, 5) is 0. The summed E-state index contributed by atoms with van der Waals surface area (Å²) in [5, 5.41) is 5.95. The van der Waals surface area contributed by atoms with Gasteiger partial charge in [-0.15, -0.1) is 0 Å². The van der Waals surface area contributed by atoms with Crippen LogP contribution >= 0.6 is 0 Å². The number of benzene rings is 1. The molecule has 0 amide bonds. The van der Waals surface area contributed by atoms with Gasteiger partial charge in [-0.3, -0.25) is 16.0 Å². The molecule has 4 heteroatoms. The van der Waals surface area contributed by atoms with Crippen LogP contribution in [0.15, 0.2) is 24.3 Å². The number of nitrogens with two attached hydrogens (primary N) is 1. The van der Waals surface area contributed by atoms with Gasteiger partial charge in [-0.25, -0.2) is 0 Å². The van der Waals surface area contributed by atoms with E-state index in [-0.39, 0.29) is 0 Å². The van der Waals surface area contributed by atoms with Gasteiger partial charge in [0.2, 0.25) is 0 Å². The highest BCUT2D eigenvalue weighted by Gasteiger charge is 2.24. The lowest BCUT2D eigenvalue weighted by Crippen LogP contribution is -2.43. The van der Waals surface area contributed by atoms with Crippen LogP contribution in [0.3, 0.4) is 0 Å². The molecular formula is C16H24N4. The Morgan fingerprint density at radius 2 is 2.05 bits per heavy atom. The summed E-state index contributed by atoms with van der Waals surface area (Å²) in [6.07, 6.45) is 7.56. The van der Waals surface area contributed by atoms with Crippen LogP contribution in [0, 0.1) is 5.92 Å². The zero-order chi connectivity index (χ0) is 13.9. The molecule has 1 aromatic carbocycles. The maximum absolute atomic E-state index is 5.82. The van der Waals surface area contributed by atoms with Gasteiger partial charge in [-0.2, -0.15) is 5.10 Å². The van der Waals surface area contributed by atoms with Gasteiger partial charge in [0, 0.05) is 24.9 Å². The van der Waals surface area contributed by atoms with E-state index in [1.165, 1.54) is 43.0 Å². The molecule has 0 saturated heterocycles. The molecule has 3 rings (SSSR count). The van der Waals surface area contributed by atoms with Crippen LogP contribution in [0.1, 0.15) is 37.8 Å². The Hall–Kier alpha value is -1.39. The van der Waals surface area contributed by atoms with E-state index in [2.05, 4.69) is 29.7 Å². The summed E-state index contributed by atoms with van der Waals surface area (Å²) < 4.78 is 1.97. The van der Waals surface area contributed by atoms with E-state index in [0.29, 0.717) is 12.0 Å². The van der Waals surface area contributed by atoms with Crippen molar-refractivity contribution in [2.75, 3.05) is 0 Å². The summed E-state index contributed by atoms with van der Waals surface area (Å²) in [5.41, 5.74) is 5.40. The van der Waals surface area contributed by atoms with Crippen molar-refractivity contribution in [3.8, 4) is 0 Å². The minimum atomic E-state index is 0.341. The van der Waals surface area contributed by atoms with Crippen LogP contribution in [0.25, 0.3) is 10.9 Å². The van der Waals surface area contributed by atoms with Crippen LogP contribution < -0.4 is 11.3 Å². The highest BCUT2D eigenvalue weighted by Crippen LogP contribution is 2.29. The first-order valence-corrected chi connectivity index (χ1v) is 7.66. The van der Waals surface area contributed by atoms with Gasteiger partial charge in [0.15, 0.2) is 0 Å². The van der Waals surface area contributed by atoms with Crippen LogP contribution in [0.2, 0.25) is 0 Å². The molecule has 1 atom stereocenters. The third-order valence-electron chi connectivity index (χ3n) is 4.68.